The maximum atomic E-state index is 6.15. The minimum absolute atomic E-state index is 0.225. The van der Waals surface area contributed by atoms with E-state index in [4.69, 9.17) is 21.8 Å². The monoisotopic (exact) mass is 287 g/mol. The van der Waals surface area contributed by atoms with Crippen LogP contribution in [0.5, 0.6) is 0 Å². The molecular formula is C15H14ClN3O. The van der Waals surface area contributed by atoms with E-state index in [1.165, 1.54) is 0 Å². The lowest BCUT2D eigenvalue weighted by Gasteiger charge is -2.17. The summed E-state index contributed by atoms with van der Waals surface area (Å²) >= 11 is 6.15. The Labute approximate surface area is 121 Å². The maximum absolute atomic E-state index is 6.15. The van der Waals surface area contributed by atoms with Crippen molar-refractivity contribution in [3.63, 3.8) is 0 Å². The second kappa shape index (κ2) is 5.06. The van der Waals surface area contributed by atoms with Gasteiger partial charge in [0.1, 0.15) is 22.6 Å². The summed E-state index contributed by atoms with van der Waals surface area (Å²) in [5, 5.41) is 4.93. The molecule has 1 aromatic carbocycles. The standard InChI is InChI=1S/C15H14ClN3O/c1-10-13(16)15(17)19(18-10)14(12-8-5-9-20-12)11-6-3-2-4-7-11/h2-9,14H,17H2,1H3. The first-order valence-electron chi connectivity index (χ1n) is 6.27. The number of nitrogens with zero attached hydrogens (tertiary/aromatic N) is 2. The lowest BCUT2D eigenvalue weighted by Crippen LogP contribution is -2.15. The fourth-order valence-corrected chi connectivity index (χ4v) is 2.37. The van der Waals surface area contributed by atoms with Crippen molar-refractivity contribution in [3.05, 3.63) is 70.8 Å². The molecular weight excluding hydrogens is 274 g/mol. The van der Waals surface area contributed by atoms with Crippen LogP contribution < -0.4 is 5.73 Å². The largest absolute Gasteiger partial charge is 0.467 e. The van der Waals surface area contributed by atoms with Crippen molar-refractivity contribution >= 4 is 17.4 Å². The van der Waals surface area contributed by atoms with Crippen molar-refractivity contribution in [2.45, 2.75) is 13.0 Å². The lowest BCUT2D eigenvalue weighted by atomic mass is 10.0. The SMILES string of the molecule is Cc1nn(C(c2ccccc2)c2ccco2)c(N)c1Cl. The summed E-state index contributed by atoms with van der Waals surface area (Å²) < 4.78 is 7.25. The van der Waals surface area contributed by atoms with E-state index in [1.54, 1.807) is 10.9 Å². The van der Waals surface area contributed by atoms with Crippen LogP contribution in [0.1, 0.15) is 23.1 Å². The van der Waals surface area contributed by atoms with E-state index in [2.05, 4.69) is 5.10 Å². The Morgan fingerprint density at radius 3 is 2.50 bits per heavy atom. The minimum Gasteiger partial charge on any atom is -0.467 e. The lowest BCUT2D eigenvalue weighted by molar-refractivity contribution is 0.443. The predicted molar refractivity (Wildman–Crippen MR) is 78.8 cm³/mol. The average molecular weight is 288 g/mol. The van der Waals surface area contributed by atoms with Crippen LogP contribution in [-0.2, 0) is 0 Å². The molecule has 1 unspecified atom stereocenters. The molecule has 2 N–H and O–H groups in total. The molecule has 0 aliphatic rings. The second-order valence-electron chi connectivity index (χ2n) is 4.56. The van der Waals surface area contributed by atoms with Gasteiger partial charge in [-0.3, -0.25) is 0 Å². The van der Waals surface area contributed by atoms with E-state index in [-0.39, 0.29) is 6.04 Å². The number of aromatic nitrogens is 2. The molecule has 5 heteroatoms. The van der Waals surface area contributed by atoms with Gasteiger partial charge in [0.2, 0.25) is 0 Å². The molecule has 1 atom stereocenters. The third-order valence-corrected chi connectivity index (χ3v) is 3.69. The topological polar surface area (TPSA) is 57.0 Å². The molecule has 0 aliphatic heterocycles. The van der Waals surface area contributed by atoms with Gasteiger partial charge in [0.15, 0.2) is 0 Å². The molecule has 4 nitrogen and oxygen atoms in total. The number of halogens is 1. The zero-order valence-electron chi connectivity index (χ0n) is 11.0. The summed E-state index contributed by atoms with van der Waals surface area (Å²) in [6.07, 6.45) is 1.64. The van der Waals surface area contributed by atoms with Crippen LogP contribution >= 0.6 is 11.6 Å². The van der Waals surface area contributed by atoms with E-state index in [9.17, 15) is 0 Å². The van der Waals surface area contributed by atoms with Crippen molar-refractivity contribution in [1.29, 1.82) is 0 Å². The Bertz CT molecular complexity index is 704. The molecule has 0 radical (unpaired) electrons. The van der Waals surface area contributed by atoms with Crippen molar-refractivity contribution in [2.24, 2.45) is 0 Å². The highest BCUT2D eigenvalue weighted by atomic mass is 35.5. The van der Waals surface area contributed by atoms with Crippen LogP contribution in [0.2, 0.25) is 5.02 Å². The van der Waals surface area contributed by atoms with Gasteiger partial charge in [0.05, 0.1) is 12.0 Å². The Kier molecular flexibility index (Phi) is 3.24. The van der Waals surface area contributed by atoms with Crippen molar-refractivity contribution in [2.75, 3.05) is 5.73 Å². The van der Waals surface area contributed by atoms with Crippen molar-refractivity contribution < 1.29 is 4.42 Å². The smallest absolute Gasteiger partial charge is 0.142 e. The van der Waals surface area contributed by atoms with Gasteiger partial charge in [-0.2, -0.15) is 5.10 Å². The second-order valence-corrected chi connectivity index (χ2v) is 4.94. The van der Waals surface area contributed by atoms with Gasteiger partial charge in [-0.25, -0.2) is 4.68 Å². The molecule has 102 valence electrons. The van der Waals surface area contributed by atoms with Gasteiger partial charge in [0.25, 0.3) is 0 Å². The van der Waals surface area contributed by atoms with Crippen LogP contribution in [0.25, 0.3) is 0 Å². The van der Waals surface area contributed by atoms with E-state index in [1.807, 2.05) is 49.4 Å². The number of anilines is 1. The summed E-state index contributed by atoms with van der Waals surface area (Å²) in [4.78, 5) is 0. The van der Waals surface area contributed by atoms with Crippen LogP contribution in [0, 0.1) is 6.92 Å². The number of nitrogen functional groups attached to an aromatic ring is 1. The van der Waals surface area contributed by atoms with Gasteiger partial charge in [0, 0.05) is 0 Å². The van der Waals surface area contributed by atoms with E-state index in [0.717, 1.165) is 11.3 Å². The van der Waals surface area contributed by atoms with Gasteiger partial charge in [-0.05, 0) is 24.6 Å². The molecule has 0 aliphatic carbocycles. The van der Waals surface area contributed by atoms with Crippen LogP contribution in [0.15, 0.2) is 53.1 Å². The summed E-state index contributed by atoms with van der Waals surface area (Å²) in [6.45, 7) is 1.83. The number of hydrogen-bond donors (Lipinski definition) is 1. The first kappa shape index (κ1) is 12.8. The molecule has 0 saturated carbocycles. The highest BCUT2D eigenvalue weighted by Gasteiger charge is 2.24. The summed E-state index contributed by atoms with van der Waals surface area (Å²) in [5.41, 5.74) is 7.82. The molecule has 20 heavy (non-hydrogen) atoms. The van der Waals surface area contributed by atoms with Gasteiger partial charge in [-0.15, -0.1) is 0 Å². The molecule has 2 aromatic heterocycles. The van der Waals surface area contributed by atoms with Gasteiger partial charge in [-0.1, -0.05) is 41.9 Å². The number of nitrogens with two attached hydrogens (primary N) is 1. The third kappa shape index (κ3) is 2.08. The third-order valence-electron chi connectivity index (χ3n) is 3.22. The first-order valence-corrected chi connectivity index (χ1v) is 6.64. The highest BCUT2D eigenvalue weighted by molar-refractivity contribution is 6.33. The van der Waals surface area contributed by atoms with E-state index < -0.39 is 0 Å². The van der Waals surface area contributed by atoms with Gasteiger partial charge < -0.3 is 10.2 Å². The van der Waals surface area contributed by atoms with Crippen molar-refractivity contribution in [3.8, 4) is 0 Å². The minimum atomic E-state index is -0.225. The molecule has 0 fully saturated rings. The Morgan fingerprint density at radius 2 is 1.95 bits per heavy atom. The zero-order chi connectivity index (χ0) is 14.1. The number of aryl methyl sites for hydroxylation is 1. The number of benzene rings is 1. The molecule has 0 saturated heterocycles. The molecule has 0 bridgehead atoms. The van der Waals surface area contributed by atoms with Crippen LogP contribution in [0.4, 0.5) is 5.82 Å². The molecule has 3 aromatic rings. The maximum Gasteiger partial charge on any atom is 0.142 e. The van der Waals surface area contributed by atoms with Crippen LogP contribution in [0.3, 0.4) is 0 Å². The summed E-state index contributed by atoms with van der Waals surface area (Å²) in [5.74, 6) is 1.21. The molecule has 3 rings (SSSR count). The Hall–Kier alpha value is -2.20. The Morgan fingerprint density at radius 1 is 1.20 bits per heavy atom. The molecule has 0 spiro atoms. The quantitative estimate of drug-likeness (QED) is 0.800. The van der Waals surface area contributed by atoms with Crippen LogP contribution in [-0.4, -0.2) is 9.78 Å². The zero-order valence-corrected chi connectivity index (χ0v) is 11.7. The molecule has 2 heterocycles. The first-order chi connectivity index (χ1) is 9.68. The van der Waals surface area contributed by atoms with E-state index >= 15 is 0 Å². The molecule has 0 amide bonds. The van der Waals surface area contributed by atoms with Gasteiger partial charge >= 0.3 is 0 Å². The highest BCUT2D eigenvalue weighted by Crippen LogP contribution is 2.32. The number of hydrogen-bond acceptors (Lipinski definition) is 3. The summed E-state index contributed by atoms with van der Waals surface area (Å²) in [7, 11) is 0. The summed E-state index contributed by atoms with van der Waals surface area (Å²) in [6, 6.07) is 13.5. The number of rotatable bonds is 3. The fourth-order valence-electron chi connectivity index (χ4n) is 2.25. The normalized spacial score (nSPS) is 12.5. The predicted octanol–water partition coefficient (Wildman–Crippen LogP) is 3.66. The van der Waals surface area contributed by atoms with Crippen molar-refractivity contribution in [1.82, 2.24) is 9.78 Å². The Balaban J connectivity index is 2.18. The van der Waals surface area contributed by atoms with E-state index in [0.29, 0.717) is 16.5 Å². The average Bonchev–Trinajstić information content (AvgIpc) is 3.07. The number of furan rings is 1. The fraction of sp³-hybridized carbons (Fsp3) is 0.133.